The summed E-state index contributed by atoms with van der Waals surface area (Å²) >= 11 is 7.58. The van der Waals surface area contributed by atoms with Gasteiger partial charge in [-0.3, -0.25) is 4.79 Å². The Hall–Kier alpha value is -1.49. The van der Waals surface area contributed by atoms with Crippen molar-refractivity contribution in [3.8, 4) is 0 Å². The maximum absolute atomic E-state index is 12.4. The second kappa shape index (κ2) is 8.39. The first-order valence-electron chi connectivity index (χ1n) is 7.51. The van der Waals surface area contributed by atoms with E-state index in [9.17, 15) is 4.79 Å². The zero-order valence-electron chi connectivity index (χ0n) is 13.6. The SMILES string of the molecule is CSc1ccc(C[NH+](C)[C@H](C)C(=O)Nc2ccc(Cl)cc2)cc1. The van der Waals surface area contributed by atoms with E-state index in [1.165, 1.54) is 10.5 Å². The van der Waals surface area contributed by atoms with Gasteiger partial charge in [-0.1, -0.05) is 23.7 Å². The summed E-state index contributed by atoms with van der Waals surface area (Å²) < 4.78 is 0. The number of halogens is 1. The van der Waals surface area contributed by atoms with E-state index in [1.54, 1.807) is 23.9 Å². The molecule has 0 aliphatic rings. The smallest absolute Gasteiger partial charge is 0.282 e. The van der Waals surface area contributed by atoms with Gasteiger partial charge in [0.05, 0.1) is 7.05 Å². The fourth-order valence-electron chi connectivity index (χ4n) is 2.23. The zero-order valence-corrected chi connectivity index (χ0v) is 15.2. The van der Waals surface area contributed by atoms with E-state index in [4.69, 9.17) is 11.6 Å². The molecule has 0 aromatic heterocycles. The van der Waals surface area contributed by atoms with E-state index in [0.29, 0.717) is 5.02 Å². The molecule has 5 heteroatoms. The highest BCUT2D eigenvalue weighted by Crippen LogP contribution is 2.15. The number of nitrogens with one attached hydrogen (secondary N) is 2. The lowest BCUT2D eigenvalue weighted by Gasteiger charge is -2.21. The molecule has 0 heterocycles. The Kier molecular flexibility index (Phi) is 6.51. The van der Waals surface area contributed by atoms with Crippen LogP contribution >= 0.6 is 23.4 Å². The second-order valence-corrected chi connectivity index (χ2v) is 6.91. The van der Waals surface area contributed by atoms with Crippen LogP contribution < -0.4 is 10.2 Å². The van der Waals surface area contributed by atoms with Gasteiger partial charge >= 0.3 is 0 Å². The number of hydrogen-bond acceptors (Lipinski definition) is 2. The molecular weight excluding hydrogens is 328 g/mol. The predicted octanol–water partition coefficient (Wildman–Crippen LogP) is 3.10. The van der Waals surface area contributed by atoms with Crippen molar-refractivity contribution in [3.05, 3.63) is 59.1 Å². The average molecular weight is 350 g/mol. The molecule has 0 saturated heterocycles. The molecule has 0 fully saturated rings. The van der Waals surface area contributed by atoms with Crippen molar-refractivity contribution in [3.63, 3.8) is 0 Å². The molecule has 2 aromatic rings. The Morgan fingerprint density at radius 3 is 2.35 bits per heavy atom. The van der Waals surface area contributed by atoms with Crippen molar-refractivity contribution in [2.24, 2.45) is 0 Å². The number of carbonyl (C=O) groups is 1. The third-order valence-corrected chi connectivity index (χ3v) is 4.88. The van der Waals surface area contributed by atoms with E-state index in [2.05, 4.69) is 35.8 Å². The number of quaternary nitrogens is 1. The molecule has 23 heavy (non-hydrogen) atoms. The van der Waals surface area contributed by atoms with Gasteiger partial charge in [0.25, 0.3) is 5.91 Å². The first-order valence-corrected chi connectivity index (χ1v) is 9.11. The van der Waals surface area contributed by atoms with Crippen LogP contribution in [0.2, 0.25) is 5.02 Å². The molecular formula is C18H22ClN2OS+. The molecule has 0 bridgehead atoms. The Balaban J connectivity index is 1.93. The molecule has 0 radical (unpaired) electrons. The standard InChI is InChI=1S/C18H21ClN2OS/c1-13(18(22)20-16-8-6-15(19)7-9-16)21(2)12-14-4-10-17(23-3)11-5-14/h4-11,13H,12H2,1-3H3,(H,20,22)/p+1/t13-/m1/s1. The molecule has 0 aliphatic carbocycles. The Bertz CT molecular complexity index is 643. The minimum Gasteiger partial charge on any atom is -0.324 e. The second-order valence-electron chi connectivity index (χ2n) is 5.59. The zero-order chi connectivity index (χ0) is 16.8. The fraction of sp³-hybridized carbons (Fsp3) is 0.278. The summed E-state index contributed by atoms with van der Waals surface area (Å²) in [5.74, 6) is 0.00514. The van der Waals surface area contributed by atoms with Crippen molar-refractivity contribution in [2.75, 3.05) is 18.6 Å². The lowest BCUT2D eigenvalue weighted by atomic mass is 10.2. The van der Waals surface area contributed by atoms with Crippen molar-refractivity contribution in [2.45, 2.75) is 24.4 Å². The normalized spacial score (nSPS) is 13.4. The number of benzene rings is 2. The molecule has 2 aromatic carbocycles. The van der Waals surface area contributed by atoms with Crippen molar-refractivity contribution >= 4 is 35.0 Å². The van der Waals surface area contributed by atoms with Gasteiger partial charge < -0.3 is 10.2 Å². The van der Waals surface area contributed by atoms with E-state index < -0.39 is 0 Å². The minimum absolute atomic E-state index is 0.00514. The van der Waals surface area contributed by atoms with Crippen LogP contribution in [-0.4, -0.2) is 25.3 Å². The summed E-state index contributed by atoms with van der Waals surface area (Å²) in [6, 6.07) is 15.5. The Labute approximate surface area is 147 Å². The van der Waals surface area contributed by atoms with Gasteiger partial charge in [-0.25, -0.2) is 0 Å². The molecule has 2 atom stereocenters. The van der Waals surface area contributed by atoms with E-state index in [0.717, 1.165) is 17.1 Å². The Morgan fingerprint density at radius 2 is 1.78 bits per heavy atom. The minimum atomic E-state index is -0.147. The summed E-state index contributed by atoms with van der Waals surface area (Å²) in [5, 5.41) is 3.59. The van der Waals surface area contributed by atoms with Crippen LogP contribution in [0, 0.1) is 0 Å². The lowest BCUT2D eigenvalue weighted by molar-refractivity contribution is -0.907. The van der Waals surface area contributed by atoms with Gasteiger partial charge in [0, 0.05) is 21.2 Å². The molecule has 0 spiro atoms. The maximum Gasteiger partial charge on any atom is 0.282 e. The van der Waals surface area contributed by atoms with Gasteiger partial charge in [-0.2, -0.15) is 0 Å². The lowest BCUT2D eigenvalue weighted by Crippen LogP contribution is -3.12. The molecule has 0 saturated carbocycles. The predicted molar refractivity (Wildman–Crippen MR) is 98.4 cm³/mol. The molecule has 3 nitrogen and oxygen atoms in total. The highest BCUT2D eigenvalue weighted by atomic mass is 35.5. The van der Waals surface area contributed by atoms with Gasteiger partial charge in [0.1, 0.15) is 6.54 Å². The quantitative estimate of drug-likeness (QED) is 0.786. The summed E-state index contributed by atoms with van der Waals surface area (Å²) in [4.78, 5) is 14.8. The van der Waals surface area contributed by atoms with Crippen LogP contribution in [-0.2, 0) is 11.3 Å². The molecule has 122 valence electrons. The third kappa shape index (κ3) is 5.27. The van der Waals surface area contributed by atoms with Crippen molar-refractivity contribution in [1.29, 1.82) is 0 Å². The van der Waals surface area contributed by atoms with E-state index >= 15 is 0 Å². The summed E-state index contributed by atoms with van der Waals surface area (Å²) in [7, 11) is 2.04. The number of carbonyl (C=O) groups excluding carboxylic acids is 1. The largest absolute Gasteiger partial charge is 0.324 e. The average Bonchev–Trinajstić information content (AvgIpc) is 2.56. The van der Waals surface area contributed by atoms with Crippen LogP contribution in [0.25, 0.3) is 0 Å². The summed E-state index contributed by atoms with van der Waals surface area (Å²) in [6.45, 7) is 2.75. The third-order valence-electron chi connectivity index (χ3n) is 3.89. The number of rotatable bonds is 6. The van der Waals surface area contributed by atoms with Gasteiger partial charge in [0.2, 0.25) is 0 Å². The number of likely N-dealkylation sites (N-methyl/N-ethyl adjacent to an activating group) is 1. The fourth-order valence-corrected chi connectivity index (χ4v) is 2.76. The monoisotopic (exact) mass is 349 g/mol. The number of amides is 1. The summed E-state index contributed by atoms with van der Waals surface area (Å²) in [6.07, 6.45) is 2.07. The first-order chi connectivity index (χ1) is 11.0. The van der Waals surface area contributed by atoms with Crippen molar-refractivity contribution in [1.82, 2.24) is 0 Å². The number of anilines is 1. The van der Waals surface area contributed by atoms with Crippen LogP contribution in [0.5, 0.6) is 0 Å². The van der Waals surface area contributed by atoms with E-state index in [1.807, 2.05) is 26.1 Å². The maximum atomic E-state index is 12.4. The topological polar surface area (TPSA) is 33.5 Å². The molecule has 2 N–H and O–H groups in total. The van der Waals surface area contributed by atoms with Gasteiger partial charge in [-0.05, 0) is 49.6 Å². The molecule has 0 aliphatic heterocycles. The first kappa shape index (κ1) is 17.9. The highest BCUT2D eigenvalue weighted by Gasteiger charge is 2.22. The van der Waals surface area contributed by atoms with Gasteiger partial charge in [-0.15, -0.1) is 11.8 Å². The Morgan fingerprint density at radius 1 is 1.17 bits per heavy atom. The van der Waals surface area contributed by atoms with Crippen LogP contribution in [0.1, 0.15) is 12.5 Å². The highest BCUT2D eigenvalue weighted by molar-refractivity contribution is 7.98. The van der Waals surface area contributed by atoms with Crippen LogP contribution in [0.15, 0.2) is 53.4 Å². The summed E-state index contributed by atoms with van der Waals surface area (Å²) in [5.41, 5.74) is 2.00. The number of hydrogen-bond donors (Lipinski definition) is 2. The molecule has 1 unspecified atom stereocenters. The molecule has 1 amide bonds. The van der Waals surface area contributed by atoms with Gasteiger partial charge in [0.15, 0.2) is 6.04 Å². The van der Waals surface area contributed by atoms with Crippen molar-refractivity contribution < 1.29 is 9.69 Å². The van der Waals surface area contributed by atoms with E-state index in [-0.39, 0.29) is 11.9 Å². The number of thioether (sulfide) groups is 1. The molecule has 2 rings (SSSR count). The van der Waals surface area contributed by atoms with Crippen LogP contribution in [0.3, 0.4) is 0 Å². The van der Waals surface area contributed by atoms with Crippen LogP contribution in [0.4, 0.5) is 5.69 Å².